The van der Waals surface area contributed by atoms with Crippen LogP contribution in [0.4, 0.5) is 0 Å². The minimum absolute atomic E-state index is 0.0914. The first kappa shape index (κ1) is 18.7. The van der Waals surface area contributed by atoms with Gasteiger partial charge in [0.05, 0.1) is 6.61 Å². The first-order valence-electron chi connectivity index (χ1n) is 9.48. The van der Waals surface area contributed by atoms with Gasteiger partial charge < -0.3 is 4.74 Å². The molecule has 1 N–H and O–H groups in total. The lowest BCUT2D eigenvalue weighted by Gasteiger charge is -2.05. The Labute approximate surface area is 167 Å². The van der Waals surface area contributed by atoms with E-state index in [4.69, 9.17) is 4.74 Å². The second kappa shape index (κ2) is 7.75. The van der Waals surface area contributed by atoms with Crippen molar-refractivity contribution in [1.82, 2.24) is 14.6 Å². The average molecular weight is 387 g/mol. The van der Waals surface area contributed by atoms with Gasteiger partial charge in [-0.2, -0.15) is 0 Å². The van der Waals surface area contributed by atoms with E-state index < -0.39 is 11.5 Å². The number of ether oxygens (including phenoxy) is 1. The van der Waals surface area contributed by atoms with E-state index >= 15 is 0 Å². The molecule has 2 aromatic carbocycles. The molecule has 2 heterocycles. The minimum Gasteiger partial charge on any atom is -0.462 e. The summed E-state index contributed by atoms with van der Waals surface area (Å²) in [6.07, 6.45) is 3.85. The second-order valence-corrected chi connectivity index (χ2v) is 6.91. The molecule has 0 fully saturated rings. The number of carbonyl (C=O) groups is 1. The summed E-state index contributed by atoms with van der Waals surface area (Å²) >= 11 is 0. The Kier molecular flexibility index (Phi) is 4.99. The molecule has 4 aromatic rings. The molecule has 0 aliphatic carbocycles. The van der Waals surface area contributed by atoms with Crippen molar-refractivity contribution >= 4 is 11.6 Å². The van der Waals surface area contributed by atoms with Gasteiger partial charge in [-0.25, -0.2) is 14.3 Å². The first-order valence-corrected chi connectivity index (χ1v) is 9.48. The van der Waals surface area contributed by atoms with Crippen LogP contribution >= 0.6 is 0 Å². The molecule has 0 spiro atoms. The number of nitrogens with one attached hydrogen (secondary N) is 1. The Morgan fingerprint density at radius 2 is 1.93 bits per heavy atom. The second-order valence-electron chi connectivity index (χ2n) is 6.91. The SMILES string of the molecule is CCOC(=O)c1cnc2c(-c3ccc(Cc4cccc(C)c4)cc3)c[nH]n2c1=O. The number of fused-ring (bicyclic) bond motifs is 1. The van der Waals surface area contributed by atoms with Gasteiger partial charge in [0.15, 0.2) is 5.65 Å². The summed E-state index contributed by atoms with van der Waals surface area (Å²) in [4.78, 5) is 28.8. The van der Waals surface area contributed by atoms with Crippen molar-refractivity contribution in [1.29, 1.82) is 0 Å². The molecule has 29 heavy (non-hydrogen) atoms. The third kappa shape index (κ3) is 3.69. The number of aromatic nitrogens is 3. The highest BCUT2D eigenvalue weighted by Crippen LogP contribution is 2.24. The van der Waals surface area contributed by atoms with E-state index in [1.807, 2.05) is 12.1 Å². The molecule has 0 unspecified atom stereocenters. The number of benzene rings is 2. The Balaban J connectivity index is 1.64. The van der Waals surface area contributed by atoms with Gasteiger partial charge in [-0.15, -0.1) is 0 Å². The lowest BCUT2D eigenvalue weighted by molar-refractivity contribution is 0.0523. The van der Waals surface area contributed by atoms with Crippen LogP contribution in [0.3, 0.4) is 0 Å². The van der Waals surface area contributed by atoms with Crippen LogP contribution in [-0.4, -0.2) is 27.2 Å². The van der Waals surface area contributed by atoms with Crippen LogP contribution in [0.25, 0.3) is 16.8 Å². The van der Waals surface area contributed by atoms with Crippen LogP contribution in [0.15, 0.2) is 65.7 Å². The van der Waals surface area contributed by atoms with Gasteiger partial charge in [-0.3, -0.25) is 9.89 Å². The minimum atomic E-state index is -0.670. The average Bonchev–Trinajstić information content (AvgIpc) is 3.14. The van der Waals surface area contributed by atoms with Gasteiger partial charge >= 0.3 is 5.97 Å². The van der Waals surface area contributed by atoms with Gasteiger partial charge in [0.1, 0.15) is 5.56 Å². The normalized spacial score (nSPS) is 11.0. The summed E-state index contributed by atoms with van der Waals surface area (Å²) in [5.74, 6) is -0.670. The fraction of sp³-hybridized carbons (Fsp3) is 0.174. The lowest BCUT2D eigenvalue weighted by Crippen LogP contribution is -2.24. The highest BCUT2D eigenvalue weighted by atomic mass is 16.5. The molecule has 0 saturated heterocycles. The van der Waals surface area contributed by atoms with E-state index in [0.29, 0.717) is 5.65 Å². The molecule has 0 amide bonds. The molecular formula is C23H21N3O3. The maximum atomic E-state index is 12.6. The fourth-order valence-corrected chi connectivity index (χ4v) is 3.38. The highest BCUT2D eigenvalue weighted by molar-refractivity contribution is 5.89. The van der Waals surface area contributed by atoms with Gasteiger partial charge in [0.2, 0.25) is 0 Å². The summed E-state index contributed by atoms with van der Waals surface area (Å²) in [7, 11) is 0. The number of rotatable bonds is 5. The maximum absolute atomic E-state index is 12.6. The Bertz CT molecular complexity index is 1240. The van der Waals surface area contributed by atoms with Crippen LogP contribution in [0.5, 0.6) is 0 Å². The molecule has 2 aromatic heterocycles. The Hall–Kier alpha value is -3.67. The molecule has 0 aliphatic rings. The molecule has 0 aliphatic heterocycles. The standard InChI is InChI=1S/C23H21N3O3/c1-3-29-23(28)20-13-24-21-19(14-25-26(21)22(20)27)18-9-7-16(8-10-18)12-17-6-4-5-15(2)11-17/h4-11,13-14,25H,3,12H2,1-2H3. The predicted molar refractivity (Wildman–Crippen MR) is 111 cm³/mol. The molecule has 4 rings (SSSR count). The van der Waals surface area contributed by atoms with Gasteiger partial charge in [0, 0.05) is 18.0 Å². The third-order valence-corrected chi connectivity index (χ3v) is 4.79. The van der Waals surface area contributed by atoms with Crippen LogP contribution < -0.4 is 5.56 Å². The summed E-state index contributed by atoms with van der Waals surface area (Å²) < 4.78 is 6.18. The van der Waals surface area contributed by atoms with Crippen molar-refractivity contribution in [3.8, 4) is 11.1 Å². The molecule has 0 bridgehead atoms. The summed E-state index contributed by atoms with van der Waals surface area (Å²) in [6.45, 7) is 3.98. The molecule has 6 nitrogen and oxygen atoms in total. The number of aromatic amines is 1. The van der Waals surface area contributed by atoms with Crippen LogP contribution in [-0.2, 0) is 11.2 Å². The lowest BCUT2D eigenvalue weighted by atomic mass is 10.0. The number of hydrogen-bond acceptors (Lipinski definition) is 4. The first-order chi connectivity index (χ1) is 14.1. The van der Waals surface area contributed by atoms with Crippen LogP contribution in [0.1, 0.15) is 34.0 Å². The summed E-state index contributed by atoms with van der Waals surface area (Å²) in [5, 5.41) is 2.89. The molecule has 0 radical (unpaired) electrons. The molecule has 6 heteroatoms. The number of esters is 1. The zero-order valence-electron chi connectivity index (χ0n) is 16.3. The van der Waals surface area contributed by atoms with Crippen molar-refractivity contribution in [2.45, 2.75) is 20.3 Å². The van der Waals surface area contributed by atoms with Crippen LogP contribution in [0.2, 0.25) is 0 Å². The predicted octanol–water partition coefficient (Wildman–Crippen LogP) is 3.77. The number of aryl methyl sites for hydroxylation is 1. The number of nitrogens with zero attached hydrogens (tertiary/aromatic N) is 2. The molecule has 0 atom stereocenters. The van der Waals surface area contributed by atoms with Gasteiger partial charge in [0.25, 0.3) is 5.56 Å². The van der Waals surface area contributed by atoms with E-state index in [1.54, 1.807) is 13.1 Å². The number of H-pyrrole nitrogens is 1. The largest absolute Gasteiger partial charge is 0.462 e. The van der Waals surface area contributed by atoms with E-state index in [-0.39, 0.29) is 12.2 Å². The highest BCUT2D eigenvalue weighted by Gasteiger charge is 2.17. The van der Waals surface area contributed by atoms with Crippen molar-refractivity contribution < 1.29 is 9.53 Å². The Morgan fingerprint density at radius 1 is 1.14 bits per heavy atom. The molecule has 146 valence electrons. The Morgan fingerprint density at radius 3 is 2.66 bits per heavy atom. The van der Waals surface area contributed by atoms with E-state index in [9.17, 15) is 9.59 Å². The van der Waals surface area contributed by atoms with Crippen LogP contribution in [0, 0.1) is 6.92 Å². The third-order valence-electron chi connectivity index (χ3n) is 4.79. The van der Waals surface area contributed by atoms with Gasteiger partial charge in [-0.1, -0.05) is 54.1 Å². The topological polar surface area (TPSA) is 76.5 Å². The van der Waals surface area contributed by atoms with Crippen molar-refractivity contribution in [3.05, 3.63) is 93.5 Å². The van der Waals surface area contributed by atoms with Crippen molar-refractivity contribution in [3.63, 3.8) is 0 Å². The zero-order chi connectivity index (χ0) is 20.4. The van der Waals surface area contributed by atoms with E-state index in [0.717, 1.165) is 17.5 Å². The summed E-state index contributed by atoms with van der Waals surface area (Å²) in [6, 6.07) is 16.6. The van der Waals surface area contributed by atoms with Gasteiger partial charge in [-0.05, 0) is 37.0 Å². The van der Waals surface area contributed by atoms with E-state index in [2.05, 4.69) is 53.4 Å². The van der Waals surface area contributed by atoms with Crippen molar-refractivity contribution in [2.75, 3.05) is 6.61 Å². The van der Waals surface area contributed by atoms with E-state index in [1.165, 1.54) is 27.4 Å². The van der Waals surface area contributed by atoms with Crippen molar-refractivity contribution in [2.24, 2.45) is 0 Å². The smallest absolute Gasteiger partial charge is 0.345 e. The fourth-order valence-electron chi connectivity index (χ4n) is 3.38. The number of hydrogen-bond donors (Lipinski definition) is 1. The molecular weight excluding hydrogens is 366 g/mol. The molecule has 0 saturated carbocycles. The number of carbonyl (C=O) groups excluding carboxylic acids is 1. The monoisotopic (exact) mass is 387 g/mol. The summed E-state index contributed by atoms with van der Waals surface area (Å²) in [5.41, 5.74) is 5.35. The quantitative estimate of drug-likeness (QED) is 0.529. The zero-order valence-corrected chi connectivity index (χ0v) is 16.3. The maximum Gasteiger partial charge on any atom is 0.345 e.